The third kappa shape index (κ3) is 8.97. The van der Waals surface area contributed by atoms with Gasteiger partial charge in [-0.25, -0.2) is 0 Å². The minimum atomic E-state index is -0.436. The second-order valence-electron chi connectivity index (χ2n) is 6.98. The first-order valence-corrected chi connectivity index (χ1v) is 10.8. The average molecular weight is 502 g/mol. The number of ether oxygens (including phenoxy) is 1. The molecule has 13 heteroatoms. The monoisotopic (exact) mass is 501 g/mol. The van der Waals surface area contributed by atoms with Crippen molar-refractivity contribution < 1.29 is 28.8 Å². The Hall–Kier alpha value is -2.73. The number of amides is 2. The number of nitrogens with zero attached hydrogens (tertiary/aromatic N) is 3. The molecule has 1 fully saturated rings. The molecule has 2 heterocycles. The van der Waals surface area contributed by atoms with Gasteiger partial charge in [-0.15, -0.1) is 0 Å². The fourth-order valence-corrected chi connectivity index (χ4v) is 3.36. The lowest BCUT2D eigenvalue weighted by Gasteiger charge is -2.33. The van der Waals surface area contributed by atoms with Crippen molar-refractivity contribution in [3.8, 4) is 0 Å². The van der Waals surface area contributed by atoms with E-state index in [1.54, 1.807) is 6.07 Å². The maximum absolute atomic E-state index is 12.1. The van der Waals surface area contributed by atoms with Crippen LogP contribution in [0.2, 0.25) is 10.0 Å². The van der Waals surface area contributed by atoms with Crippen LogP contribution in [0, 0.1) is 0 Å². The first kappa shape index (κ1) is 26.5. The van der Waals surface area contributed by atoms with Gasteiger partial charge in [0.15, 0.2) is 0 Å². The Morgan fingerprint density at radius 3 is 2.79 bits per heavy atom. The number of morpholine rings is 1. The van der Waals surface area contributed by atoms with Gasteiger partial charge in [-0.1, -0.05) is 34.4 Å². The summed E-state index contributed by atoms with van der Waals surface area (Å²) in [6.07, 6.45) is 0.327. The summed E-state index contributed by atoms with van der Waals surface area (Å²) in [5.74, 6) is -0.398. The molecule has 3 rings (SSSR count). The van der Waals surface area contributed by atoms with Crippen LogP contribution >= 0.6 is 23.2 Å². The zero-order chi connectivity index (χ0) is 24.2. The number of benzene rings is 1. The van der Waals surface area contributed by atoms with Gasteiger partial charge < -0.3 is 25.0 Å². The highest BCUT2D eigenvalue weighted by Gasteiger charge is 2.21. The van der Waals surface area contributed by atoms with Crippen LogP contribution in [0.15, 0.2) is 22.7 Å². The van der Waals surface area contributed by atoms with Gasteiger partial charge in [-0.2, -0.15) is 4.98 Å². The zero-order valence-corrected chi connectivity index (χ0v) is 19.4. The number of hydrogen-bond acceptors (Lipinski definition) is 8. The van der Waals surface area contributed by atoms with Crippen molar-refractivity contribution in [2.75, 3.05) is 33.3 Å². The maximum atomic E-state index is 12.1. The molecular weight excluding hydrogens is 477 g/mol. The van der Waals surface area contributed by atoms with Crippen molar-refractivity contribution in [2.45, 2.75) is 25.5 Å². The number of rotatable bonds is 8. The summed E-state index contributed by atoms with van der Waals surface area (Å²) in [5.41, 5.74) is 1.07. The molecule has 1 aromatic heterocycles. The highest BCUT2D eigenvalue weighted by molar-refractivity contribution is 6.42. The summed E-state index contributed by atoms with van der Waals surface area (Å²) < 4.78 is 10.7. The summed E-state index contributed by atoms with van der Waals surface area (Å²) >= 11 is 12.1. The number of hydrogen-bond donors (Lipinski definition) is 3. The number of carboxylic acid groups (broad SMARTS) is 1. The fourth-order valence-electron chi connectivity index (χ4n) is 3.04. The number of aryl methyl sites for hydroxylation is 1. The summed E-state index contributed by atoms with van der Waals surface area (Å²) in [7, 11) is 1.48. The Morgan fingerprint density at radius 1 is 1.33 bits per heavy atom. The molecule has 2 aromatic rings. The molecule has 180 valence electrons. The van der Waals surface area contributed by atoms with E-state index < -0.39 is 5.91 Å². The van der Waals surface area contributed by atoms with E-state index in [2.05, 4.69) is 25.7 Å². The van der Waals surface area contributed by atoms with E-state index in [1.165, 1.54) is 7.05 Å². The molecule has 33 heavy (non-hydrogen) atoms. The van der Waals surface area contributed by atoms with Gasteiger partial charge in [0.1, 0.15) is 0 Å². The second-order valence-corrected chi connectivity index (χ2v) is 7.79. The Kier molecular flexibility index (Phi) is 11.0. The van der Waals surface area contributed by atoms with Crippen LogP contribution in [0.1, 0.15) is 28.5 Å². The highest BCUT2D eigenvalue weighted by Crippen LogP contribution is 2.23. The van der Waals surface area contributed by atoms with Crippen molar-refractivity contribution >= 4 is 41.5 Å². The Balaban J connectivity index is 0.00000122. The van der Waals surface area contributed by atoms with E-state index in [4.69, 9.17) is 42.4 Å². The van der Waals surface area contributed by atoms with E-state index in [-0.39, 0.29) is 43.0 Å². The fraction of sp³-hybridized carbons (Fsp3) is 0.450. The quantitative estimate of drug-likeness (QED) is 0.456. The van der Waals surface area contributed by atoms with E-state index in [0.29, 0.717) is 29.7 Å². The number of halogens is 2. The van der Waals surface area contributed by atoms with E-state index in [1.807, 2.05) is 12.1 Å². The van der Waals surface area contributed by atoms with Gasteiger partial charge in [-0.05, 0) is 17.7 Å². The highest BCUT2D eigenvalue weighted by atomic mass is 35.5. The van der Waals surface area contributed by atoms with Gasteiger partial charge in [-0.3, -0.25) is 19.3 Å². The van der Waals surface area contributed by atoms with Gasteiger partial charge in [0.05, 0.1) is 22.8 Å². The standard InChI is InChI=1S/C19H23Cl2N5O4.CH2O2/c1-22-19(28)18-24-17(30-25-18)5-4-16(27)23-9-13-11-26(6-7-29-13)10-12-2-3-14(20)15(21)8-12;2-1-3/h2-3,8,13H,4-7,9-11H2,1H3,(H,22,28)(H,23,27);1H,(H,2,3)/t13-;/m0./s1. The number of carbonyl (C=O) groups excluding carboxylic acids is 2. The predicted octanol–water partition coefficient (Wildman–Crippen LogP) is 1.39. The lowest BCUT2D eigenvalue weighted by atomic mass is 10.2. The molecule has 11 nitrogen and oxygen atoms in total. The minimum Gasteiger partial charge on any atom is -0.483 e. The molecule has 0 unspecified atom stereocenters. The summed E-state index contributed by atoms with van der Waals surface area (Å²) in [6, 6.07) is 5.61. The van der Waals surface area contributed by atoms with Gasteiger partial charge >= 0.3 is 0 Å². The lowest BCUT2D eigenvalue weighted by molar-refractivity contribution is -0.123. The van der Waals surface area contributed by atoms with Crippen molar-refractivity contribution in [3.05, 3.63) is 45.5 Å². The first-order chi connectivity index (χ1) is 15.9. The molecule has 0 spiro atoms. The molecule has 1 aliphatic rings. The van der Waals surface area contributed by atoms with E-state index >= 15 is 0 Å². The molecule has 1 saturated heterocycles. The lowest BCUT2D eigenvalue weighted by Crippen LogP contribution is -2.47. The molecular formula is C20H25Cl2N5O6. The molecule has 0 saturated carbocycles. The van der Waals surface area contributed by atoms with Crippen LogP contribution in [0.5, 0.6) is 0 Å². The number of carbonyl (C=O) groups is 3. The van der Waals surface area contributed by atoms with Gasteiger partial charge in [0.2, 0.25) is 11.8 Å². The second kappa shape index (κ2) is 13.7. The normalized spacial score (nSPS) is 15.8. The van der Waals surface area contributed by atoms with Crippen LogP contribution in [-0.4, -0.2) is 77.8 Å². The summed E-state index contributed by atoms with van der Waals surface area (Å²) in [5, 5.41) is 16.8. The van der Waals surface area contributed by atoms with Gasteiger partial charge in [0, 0.05) is 46.1 Å². The molecule has 3 N–H and O–H groups in total. The van der Waals surface area contributed by atoms with Crippen LogP contribution in [-0.2, 0) is 27.3 Å². The zero-order valence-electron chi connectivity index (χ0n) is 17.9. The maximum Gasteiger partial charge on any atom is 0.292 e. The van der Waals surface area contributed by atoms with Crippen LogP contribution in [0.25, 0.3) is 0 Å². The minimum absolute atomic E-state index is 0.0504. The third-order valence-electron chi connectivity index (χ3n) is 4.60. The Morgan fingerprint density at radius 2 is 2.09 bits per heavy atom. The molecule has 2 amide bonds. The van der Waals surface area contributed by atoms with Gasteiger partial charge in [0.25, 0.3) is 18.2 Å². The third-order valence-corrected chi connectivity index (χ3v) is 5.34. The summed E-state index contributed by atoms with van der Waals surface area (Å²) in [6.45, 7) is 2.97. The molecule has 1 atom stereocenters. The number of nitrogens with one attached hydrogen (secondary N) is 2. The van der Waals surface area contributed by atoms with E-state index in [0.717, 1.165) is 18.7 Å². The topological polar surface area (TPSA) is 147 Å². The molecule has 1 aromatic carbocycles. The number of aromatic nitrogens is 2. The van der Waals surface area contributed by atoms with Crippen LogP contribution in [0.4, 0.5) is 0 Å². The molecule has 0 radical (unpaired) electrons. The van der Waals surface area contributed by atoms with Crippen LogP contribution in [0.3, 0.4) is 0 Å². The predicted molar refractivity (Wildman–Crippen MR) is 119 cm³/mol. The van der Waals surface area contributed by atoms with Crippen molar-refractivity contribution in [1.82, 2.24) is 25.7 Å². The molecule has 0 aliphatic carbocycles. The first-order valence-electron chi connectivity index (χ1n) is 10.0. The largest absolute Gasteiger partial charge is 0.483 e. The molecule has 1 aliphatic heterocycles. The van der Waals surface area contributed by atoms with Crippen molar-refractivity contribution in [3.63, 3.8) is 0 Å². The van der Waals surface area contributed by atoms with E-state index in [9.17, 15) is 9.59 Å². The Bertz CT molecular complexity index is 941. The van der Waals surface area contributed by atoms with Crippen molar-refractivity contribution in [1.29, 1.82) is 0 Å². The summed E-state index contributed by atoms with van der Waals surface area (Å²) in [4.78, 5) is 38.1. The SMILES string of the molecule is CNC(=O)c1noc(CCC(=O)NC[C@H]2CN(Cc3ccc(Cl)c(Cl)c3)CCO2)n1.O=CO. The Labute approximate surface area is 200 Å². The smallest absolute Gasteiger partial charge is 0.292 e. The average Bonchev–Trinajstić information content (AvgIpc) is 3.28. The molecule has 0 bridgehead atoms. The van der Waals surface area contributed by atoms with Crippen LogP contribution < -0.4 is 10.6 Å². The van der Waals surface area contributed by atoms with Crippen molar-refractivity contribution in [2.24, 2.45) is 0 Å².